The van der Waals surface area contributed by atoms with E-state index >= 15 is 0 Å². The summed E-state index contributed by atoms with van der Waals surface area (Å²) in [6.07, 6.45) is 1.03. The zero-order chi connectivity index (χ0) is 25.1. The number of nitrogens with zero attached hydrogens (tertiary/aromatic N) is 2. The summed E-state index contributed by atoms with van der Waals surface area (Å²) in [5.41, 5.74) is 5.53. The van der Waals surface area contributed by atoms with Crippen molar-refractivity contribution >= 4 is 40.1 Å². The standard InChI is InChI=1S/C29H28N4O2S/c1-19-9-11-22(12-10-19)27(34)31-24-15-13-21(14-16-24)26-25(28(35)32-23-7-4-3-5-8-23)20(2)30-29-33(26)17-6-18-36-29/h3-5,7-16,26H,6,17-18H2,1-2H3,(H,31,34)(H,32,35). The molecule has 3 aromatic carbocycles. The number of carbonyl (C=O) groups excluding carboxylic acids is 2. The third kappa shape index (κ3) is 5.06. The van der Waals surface area contributed by atoms with E-state index in [4.69, 9.17) is 4.99 Å². The number of aliphatic imine (C=N–C) groups is 1. The Balaban J connectivity index is 1.42. The van der Waals surface area contributed by atoms with E-state index in [1.807, 2.05) is 92.7 Å². The summed E-state index contributed by atoms with van der Waals surface area (Å²) in [5.74, 6) is 0.713. The maximum Gasteiger partial charge on any atom is 0.255 e. The summed E-state index contributed by atoms with van der Waals surface area (Å²) < 4.78 is 0. The molecule has 0 bridgehead atoms. The molecule has 2 amide bonds. The van der Waals surface area contributed by atoms with Gasteiger partial charge >= 0.3 is 0 Å². The second kappa shape index (κ2) is 10.4. The summed E-state index contributed by atoms with van der Waals surface area (Å²) in [5, 5.41) is 6.96. The largest absolute Gasteiger partial charge is 0.340 e. The van der Waals surface area contributed by atoms with Gasteiger partial charge in [0.15, 0.2) is 5.17 Å². The topological polar surface area (TPSA) is 73.8 Å². The van der Waals surface area contributed by atoms with E-state index < -0.39 is 0 Å². The van der Waals surface area contributed by atoms with Crippen LogP contribution in [0.25, 0.3) is 0 Å². The van der Waals surface area contributed by atoms with Crippen LogP contribution in [0.5, 0.6) is 0 Å². The highest BCUT2D eigenvalue weighted by molar-refractivity contribution is 8.13. The molecule has 5 rings (SSSR count). The van der Waals surface area contributed by atoms with Crippen molar-refractivity contribution in [3.05, 3.63) is 107 Å². The molecule has 3 aromatic rings. The number of thioether (sulfide) groups is 1. The van der Waals surface area contributed by atoms with Crippen LogP contribution in [-0.2, 0) is 4.79 Å². The molecule has 2 aliphatic rings. The number of fused-ring (bicyclic) bond motifs is 1. The van der Waals surface area contributed by atoms with Gasteiger partial charge in [-0.3, -0.25) is 9.59 Å². The summed E-state index contributed by atoms with van der Waals surface area (Å²) in [7, 11) is 0. The molecule has 2 heterocycles. The van der Waals surface area contributed by atoms with Crippen molar-refractivity contribution < 1.29 is 9.59 Å². The second-order valence-electron chi connectivity index (χ2n) is 8.95. The van der Waals surface area contributed by atoms with E-state index in [2.05, 4.69) is 15.5 Å². The molecule has 1 fully saturated rings. The van der Waals surface area contributed by atoms with Crippen LogP contribution in [0.1, 0.15) is 40.9 Å². The van der Waals surface area contributed by atoms with Crippen molar-refractivity contribution in [1.82, 2.24) is 4.90 Å². The number of carbonyl (C=O) groups is 2. The maximum atomic E-state index is 13.5. The SMILES string of the molecule is CC1=C(C(=O)Nc2ccccc2)C(c2ccc(NC(=O)c3ccc(C)cc3)cc2)N2CCCSC2=N1. The zero-order valence-electron chi connectivity index (χ0n) is 20.3. The molecule has 1 unspecified atom stereocenters. The zero-order valence-corrected chi connectivity index (χ0v) is 21.1. The number of hydrogen-bond donors (Lipinski definition) is 2. The Morgan fingerprint density at radius 2 is 1.53 bits per heavy atom. The molecule has 0 aliphatic carbocycles. The lowest BCUT2D eigenvalue weighted by Gasteiger charge is -2.40. The lowest BCUT2D eigenvalue weighted by Crippen LogP contribution is -2.43. The summed E-state index contributed by atoms with van der Waals surface area (Å²) in [6.45, 7) is 4.73. The molecule has 7 heteroatoms. The number of nitrogens with one attached hydrogen (secondary N) is 2. The van der Waals surface area contributed by atoms with E-state index in [9.17, 15) is 9.59 Å². The lowest BCUT2D eigenvalue weighted by molar-refractivity contribution is -0.113. The Hall–Kier alpha value is -3.84. The van der Waals surface area contributed by atoms with Gasteiger partial charge in [-0.15, -0.1) is 0 Å². The number of para-hydroxylation sites is 1. The van der Waals surface area contributed by atoms with Gasteiger partial charge in [0.05, 0.1) is 17.3 Å². The van der Waals surface area contributed by atoms with Crippen LogP contribution < -0.4 is 10.6 Å². The average molecular weight is 497 g/mol. The molecule has 6 nitrogen and oxygen atoms in total. The number of amidine groups is 1. The molecular formula is C29H28N4O2S. The van der Waals surface area contributed by atoms with Crippen molar-refractivity contribution in [2.45, 2.75) is 26.3 Å². The first-order chi connectivity index (χ1) is 17.5. The maximum absolute atomic E-state index is 13.5. The smallest absolute Gasteiger partial charge is 0.255 e. The predicted octanol–water partition coefficient (Wildman–Crippen LogP) is 6.01. The molecule has 0 aromatic heterocycles. The minimum absolute atomic E-state index is 0.152. The molecule has 0 saturated carbocycles. The monoisotopic (exact) mass is 496 g/mol. The van der Waals surface area contributed by atoms with Gasteiger partial charge in [-0.25, -0.2) is 4.99 Å². The fourth-order valence-electron chi connectivity index (χ4n) is 4.48. The molecule has 1 saturated heterocycles. The third-order valence-corrected chi connectivity index (χ3v) is 7.41. The normalized spacial score (nSPS) is 17.2. The van der Waals surface area contributed by atoms with Crippen molar-refractivity contribution in [2.24, 2.45) is 4.99 Å². The number of hydrogen-bond acceptors (Lipinski definition) is 5. The molecule has 2 aliphatic heterocycles. The van der Waals surface area contributed by atoms with Crippen molar-refractivity contribution in [2.75, 3.05) is 22.9 Å². The summed E-state index contributed by atoms with van der Waals surface area (Å²) in [6, 6.07) is 24.5. The van der Waals surface area contributed by atoms with Crippen molar-refractivity contribution in [1.29, 1.82) is 0 Å². The minimum Gasteiger partial charge on any atom is -0.340 e. The first-order valence-electron chi connectivity index (χ1n) is 12.0. The molecule has 36 heavy (non-hydrogen) atoms. The van der Waals surface area contributed by atoms with Crippen LogP contribution >= 0.6 is 11.8 Å². The lowest BCUT2D eigenvalue weighted by atomic mass is 9.93. The molecule has 182 valence electrons. The van der Waals surface area contributed by atoms with Gasteiger partial charge in [0, 0.05) is 29.2 Å². The Labute approximate surface area is 215 Å². The second-order valence-corrected chi connectivity index (χ2v) is 10.0. The number of anilines is 2. The number of allylic oxidation sites excluding steroid dienone is 1. The number of rotatable bonds is 5. The molecular weight excluding hydrogens is 468 g/mol. The quantitative estimate of drug-likeness (QED) is 0.454. The van der Waals surface area contributed by atoms with Gasteiger partial charge in [0.25, 0.3) is 11.8 Å². The van der Waals surface area contributed by atoms with Crippen LogP contribution in [0.4, 0.5) is 11.4 Å². The highest BCUT2D eigenvalue weighted by Crippen LogP contribution is 2.40. The van der Waals surface area contributed by atoms with Gasteiger partial charge in [-0.2, -0.15) is 0 Å². The number of aryl methyl sites for hydroxylation is 1. The third-order valence-electron chi connectivity index (χ3n) is 6.33. The van der Waals surface area contributed by atoms with Gasteiger partial charge in [0.2, 0.25) is 0 Å². The van der Waals surface area contributed by atoms with Gasteiger partial charge in [-0.1, -0.05) is 59.8 Å². The Morgan fingerprint density at radius 1 is 0.861 bits per heavy atom. The molecule has 0 radical (unpaired) electrons. The number of amides is 2. The van der Waals surface area contributed by atoms with Gasteiger partial charge in [0.1, 0.15) is 0 Å². The van der Waals surface area contributed by atoms with Crippen molar-refractivity contribution in [3.63, 3.8) is 0 Å². The Kier molecular flexibility index (Phi) is 6.91. The summed E-state index contributed by atoms with van der Waals surface area (Å²) in [4.78, 5) is 33.2. The average Bonchev–Trinajstić information content (AvgIpc) is 2.89. The van der Waals surface area contributed by atoms with Crippen LogP contribution in [0.2, 0.25) is 0 Å². The van der Waals surface area contributed by atoms with Crippen LogP contribution in [0, 0.1) is 6.92 Å². The van der Waals surface area contributed by atoms with E-state index in [1.54, 1.807) is 11.8 Å². The van der Waals surface area contributed by atoms with Crippen LogP contribution in [0.15, 0.2) is 95.1 Å². The fourth-order valence-corrected chi connectivity index (χ4v) is 5.50. The van der Waals surface area contributed by atoms with E-state index in [1.165, 1.54) is 0 Å². The van der Waals surface area contributed by atoms with E-state index in [-0.39, 0.29) is 17.9 Å². The van der Waals surface area contributed by atoms with Crippen LogP contribution in [0.3, 0.4) is 0 Å². The Bertz CT molecular complexity index is 1330. The van der Waals surface area contributed by atoms with Crippen molar-refractivity contribution in [3.8, 4) is 0 Å². The number of benzene rings is 3. The molecule has 1 atom stereocenters. The molecule has 2 N–H and O–H groups in total. The minimum atomic E-state index is -0.254. The first-order valence-corrected chi connectivity index (χ1v) is 13.0. The van der Waals surface area contributed by atoms with Crippen LogP contribution in [-0.4, -0.2) is 34.2 Å². The van der Waals surface area contributed by atoms with Gasteiger partial charge in [-0.05, 0) is 62.2 Å². The first kappa shape index (κ1) is 23.9. The summed E-state index contributed by atoms with van der Waals surface area (Å²) >= 11 is 1.73. The Morgan fingerprint density at radius 3 is 2.25 bits per heavy atom. The fraction of sp³-hybridized carbons (Fsp3) is 0.207. The van der Waals surface area contributed by atoms with E-state index in [0.717, 1.165) is 46.4 Å². The van der Waals surface area contributed by atoms with Gasteiger partial charge < -0.3 is 15.5 Å². The predicted molar refractivity (Wildman–Crippen MR) is 147 cm³/mol. The van der Waals surface area contributed by atoms with E-state index in [0.29, 0.717) is 16.8 Å². The molecule has 0 spiro atoms. The highest BCUT2D eigenvalue weighted by atomic mass is 32.2. The highest BCUT2D eigenvalue weighted by Gasteiger charge is 2.37.